The van der Waals surface area contributed by atoms with Gasteiger partial charge in [-0.1, -0.05) is 46.4 Å². The van der Waals surface area contributed by atoms with Gasteiger partial charge in [-0.25, -0.2) is 4.79 Å². The van der Waals surface area contributed by atoms with Crippen LogP contribution in [-0.2, 0) is 18.0 Å². The number of esters is 1. The first-order chi connectivity index (χ1) is 11.7. The van der Waals surface area contributed by atoms with Crippen LogP contribution in [0, 0.1) is 0 Å². The molecule has 7 heteroatoms. The topological polar surface area (TPSA) is 61.3 Å². The second kappa shape index (κ2) is 7.90. The molecule has 0 unspecified atom stereocenters. The number of hydrogen-bond donors (Lipinski definition) is 0. The van der Waals surface area contributed by atoms with E-state index in [9.17, 15) is 4.79 Å². The van der Waals surface area contributed by atoms with Crippen molar-refractivity contribution in [2.45, 2.75) is 13.2 Å². The minimum absolute atomic E-state index is 0.000422. The molecule has 24 heavy (non-hydrogen) atoms. The van der Waals surface area contributed by atoms with Crippen molar-refractivity contribution >= 4 is 29.1 Å². The van der Waals surface area contributed by atoms with Gasteiger partial charge < -0.3 is 9.47 Å². The third kappa shape index (κ3) is 4.31. The van der Waals surface area contributed by atoms with Crippen LogP contribution < -0.4 is 4.74 Å². The molecule has 3 aromatic rings. The van der Waals surface area contributed by atoms with Crippen LogP contribution in [0.5, 0.6) is 5.75 Å². The highest BCUT2D eigenvalue weighted by atomic mass is 35.5. The predicted molar refractivity (Wildman–Crippen MR) is 91.3 cm³/mol. The van der Waals surface area contributed by atoms with Crippen LogP contribution in [0.1, 0.15) is 21.6 Å². The van der Waals surface area contributed by atoms with E-state index in [0.717, 1.165) is 17.1 Å². The number of hydrogen-bond acceptors (Lipinski definition) is 6. The van der Waals surface area contributed by atoms with Crippen molar-refractivity contribution in [2.24, 2.45) is 0 Å². The second-order valence-corrected chi connectivity index (χ2v) is 6.22. The largest absolute Gasteiger partial charge is 0.489 e. The number of aromatic nitrogens is 2. The van der Waals surface area contributed by atoms with Crippen molar-refractivity contribution in [2.75, 3.05) is 0 Å². The Hall–Kier alpha value is -2.44. The Labute approximate surface area is 148 Å². The van der Waals surface area contributed by atoms with E-state index in [0.29, 0.717) is 28.0 Å². The molecule has 0 radical (unpaired) electrons. The van der Waals surface area contributed by atoms with E-state index in [4.69, 9.17) is 21.1 Å². The maximum atomic E-state index is 12.0. The zero-order valence-electron chi connectivity index (χ0n) is 12.5. The van der Waals surface area contributed by atoms with Gasteiger partial charge >= 0.3 is 5.97 Å². The summed E-state index contributed by atoms with van der Waals surface area (Å²) in [5.74, 6) is 0.232. The number of halogens is 1. The van der Waals surface area contributed by atoms with Gasteiger partial charge in [-0.15, -0.1) is 5.10 Å². The molecule has 0 aliphatic rings. The third-order valence-corrected chi connectivity index (χ3v) is 4.17. The number of nitrogens with zero attached hydrogens (tertiary/aromatic N) is 2. The van der Waals surface area contributed by atoms with Gasteiger partial charge in [0.2, 0.25) is 0 Å². The molecule has 5 nitrogen and oxygen atoms in total. The van der Waals surface area contributed by atoms with Crippen molar-refractivity contribution < 1.29 is 14.3 Å². The smallest absolute Gasteiger partial charge is 0.338 e. The van der Waals surface area contributed by atoms with Gasteiger partial charge in [0, 0.05) is 11.5 Å². The number of ether oxygens (including phenoxy) is 2. The summed E-state index contributed by atoms with van der Waals surface area (Å²) in [7, 11) is 0. The van der Waals surface area contributed by atoms with Crippen molar-refractivity contribution in [1.82, 2.24) is 9.59 Å². The molecule has 0 bridgehead atoms. The molecule has 0 aliphatic carbocycles. The molecule has 1 heterocycles. The lowest BCUT2D eigenvalue weighted by Gasteiger charge is -2.07. The predicted octanol–water partition coefficient (Wildman–Crippen LogP) is 4.13. The molecule has 122 valence electrons. The summed E-state index contributed by atoms with van der Waals surface area (Å²) in [4.78, 5) is 12.0. The van der Waals surface area contributed by atoms with E-state index in [-0.39, 0.29) is 6.61 Å². The quantitative estimate of drug-likeness (QED) is 0.618. The highest BCUT2D eigenvalue weighted by molar-refractivity contribution is 7.10. The van der Waals surface area contributed by atoms with Gasteiger partial charge in [0.1, 0.15) is 29.0 Å². The second-order valence-electron chi connectivity index (χ2n) is 4.87. The highest BCUT2D eigenvalue weighted by Crippen LogP contribution is 2.19. The van der Waals surface area contributed by atoms with E-state index in [1.165, 1.54) is 0 Å². The molecule has 0 saturated heterocycles. The average molecular weight is 361 g/mol. The Morgan fingerprint density at radius 2 is 1.79 bits per heavy atom. The molecule has 0 fully saturated rings. The summed E-state index contributed by atoms with van der Waals surface area (Å²) in [6.45, 7) is 0.473. The fourth-order valence-electron chi connectivity index (χ4n) is 1.93. The van der Waals surface area contributed by atoms with Crippen LogP contribution in [0.25, 0.3) is 0 Å². The summed E-state index contributed by atoms with van der Waals surface area (Å²) < 4.78 is 14.9. The van der Waals surface area contributed by atoms with Crippen LogP contribution in [0.3, 0.4) is 0 Å². The lowest BCUT2D eigenvalue weighted by Crippen LogP contribution is -2.05. The zero-order chi connectivity index (χ0) is 16.8. The maximum absolute atomic E-state index is 12.0. The monoisotopic (exact) mass is 360 g/mol. The van der Waals surface area contributed by atoms with E-state index in [1.54, 1.807) is 24.3 Å². The van der Waals surface area contributed by atoms with Gasteiger partial charge in [-0.2, -0.15) is 0 Å². The minimum Gasteiger partial charge on any atom is -0.489 e. The number of carbonyl (C=O) groups is 1. The Kier molecular flexibility index (Phi) is 5.40. The molecule has 0 spiro atoms. The summed E-state index contributed by atoms with van der Waals surface area (Å²) in [6, 6.07) is 16.6. The van der Waals surface area contributed by atoms with Crippen LogP contribution in [-0.4, -0.2) is 15.6 Å². The SMILES string of the molecule is O=C(OCc1nnsc1Cl)c1ccc(OCc2ccccc2)cc1. The van der Waals surface area contributed by atoms with Gasteiger partial charge in [0.15, 0.2) is 0 Å². The molecular formula is C17H13ClN2O3S. The Bertz CT molecular complexity index is 806. The van der Waals surface area contributed by atoms with Crippen LogP contribution >= 0.6 is 23.1 Å². The molecule has 0 aliphatic heterocycles. The first-order valence-electron chi connectivity index (χ1n) is 7.13. The average Bonchev–Trinajstić information content (AvgIpc) is 3.04. The number of carbonyl (C=O) groups excluding carboxylic acids is 1. The molecule has 1 aromatic heterocycles. The fourth-order valence-corrected chi connectivity index (χ4v) is 2.53. The van der Waals surface area contributed by atoms with Crippen LogP contribution in [0.15, 0.2) is 54.6 Å². The first-order valence-corrected chi connectivity index (χ1v) is 8.28. The van der Waals surface area contributed by atoms with Crippen molar-refractivity contribution in [3.05, 3.63) is 75.8 Å². The Balaban J connectivity index is 1.53. The molecule has 3 rings (SSSR count). The molecule has 0 atom stereocenters. The first kappa shape index (κ1) is 16.4. The standard InChI is InChI=1S/C17H13ClN2O3S/c18-16-15(19-20-24-16)11-23-17(21)13-6-8-14(9-7-13)22-10-12-4-2-1-3-5-12/h1-9H,10-11H2. The summed E-state index contributed by atoms with van der Waals surface area (Å²) >= 11 is 6.91. The van der Waals surface area contributed by atoms with Gasteiger partial charge in [0.25, 0.3) is 0 Å². The van der Waals surface area contributed by atoms with Gasteiger partial charge in [-0.05, 0) is 29.8 Å². The van der Waals surface area contributed by atoms with E-state index >= 15 is 0 Å². The van der Waals surface area contributed by atoms with Crippen LogP contribution in [0.4, 0.5) is 0 Å². The number of rotatable bonds is 6. The van der Waals surface area contributed by atoms with E-state index < -0.39 is 5.97 Å². The Morgan fingerprint density at radius 1 is 1.04 bits per heavy atom. The minimum atomic E-state index is -0.450. The van der Waals surface area contributed by atoms with Crippen molar-refractivity contribution in [3.8, 4) is 5.75 Å². The van der Waals surface area contributed by atoms with E-state index in [2.05, 4.69) is 9.59 Å². The molecule has 0 N–H and O–H groups in total. The normalized spacial score (nSPS) is 10.4. The summed E-state index contributed by atoms with van der Waals surface area (Å²) in [5, 5.41) is 3.79. The lowest BCUT2D eigenvalue weighted by molar-refractivity contribution is 0.0468. The van der Waals surface area contributed by atoms with Crippen LogP contribution in [0.2, 0.25) is 4.34 Å². The van der Waals surface area contributed by atoms with Gasteiger partial charge in [-0.3, -0.25) is 0 Å². The van der Waals surface area contributed by atoms with Crippen molar-refractivity contribution in [3.63, 3.8) is 0 Å². The molecular weight excluding hydrogens is 348 g/mol. The summed E-state index contributed by atoms with van der Waals surface area (Å²) in [5.41, 5.74) is 1.97. The zero-order valence-corrected chi connectivity index (χ0v) is 14.1. The molecule has 2 aromatic carbocycles. The maximum Gasteiger partial charge on any atom is 0.338 e. The highest BCUT2D eigenvalue weighted by Gasteiger charge is 2.11. The third-order valence-electron chi connectivity index (χ3n) is 3.19. The number of benzene rings is 2. The Morgan fingerprint density at radius 3 is 2.46 bits per heavy atom. The lowest BCUT2D eigenvalue weighted by atomic mass is 10.2. The van der Waals surface area contributed by atoms with Crippen molar-refractivity contribution in [1.29, 1.82) is 0 Å². The molecule has 0 saturated carbocycles. The van der Waals surface area contributed by atoms with Gasteiger partial charge in [0.05, 0.1) is 5.56 Å². The molecule has 0 amide bonds. The van der Waals surface area contributed by atoms with E-state index in [1.807, 2.05) is 30.3 Å². The summed E-state index contributed by atoms with van der Waals surface area (Å²) in [6.07, 6.45) is 0. The fraction of sp³-hybridized carbons (Fsp3) is 0.118.